The molecule has 0 saturated carbocycles. The highest BCUT2D eigenvalue weighted by molar-refractivity contribution is 5.72. The summed E-state index contributed by atoms with van der Waals surface area (Å²) in [6.07, 6.45) is 8.50. The van der Waals surface area contributed by atoms with E-state index in [0.717, 1.165) is 49.4 Å². The van der Waals surface area contributed by atoms with Gasteiger partial charge in [0.15, 0.2) is 5.79 Å². The van der Waals surface area contributed by atoms with Crippen molar-refractivity contribution in [3.05, 3.63) is 72.3 Å². The van der Waals surface area contributed by atoms with Crippen molar-refractivity contribution in [2.45, 2.75) is 31.5 Å². The maximum atomic E-state index is 4.52. The van der Waals surface area contributed by atoms with Crippen molar-refractivity contribution in [3.8, 4) is 22.4 Å². The van der Waals surface area contributed by atoms with Crippen LogP contribution in [-0.4, -0.2) is 47.8 Å². The van der Waals surface area contributed by atoms with Crippen LogP contribution in [0.5, 0.6) is 0 Å². The molecule has 1 unspecified atom stereocenters. The first-order chi connectivity index (χ1) is 15.7. The summed E-state index contributed by atoms with van der Waals surface area (Å²) in [6, 6.07) is 17.5. The first-order valence-corrected chi connectivity index (χ1v) is 11.5. The zero-order valence-electron chi connectivity index (χ0n) is 18.9. The zero-order valence-corrected chi connectivity index (χ0v) is 18.9. The second-order valence-corrected chi connectivity index (χ2v) is 8.77. The van der Waals surface area contributed by atoms with Gasteiger partial charge >= 0.3 is 0 Å². The van der Waals surface area contributed by atoms with Crippen LogP contribution in [0.1, 0.15) is 30.7 Å². The SMILES string of the molecule is CNCCCc1ncc(-c2ccc(-c3ccc(C4=CN(C)C5(CCCN5)N4)cc3)cc2)[nH]1. The summed E-state index contributed by atoms with van der Waals surface area (Å²) in [6.45, 7) is 2.06. The van der Waals surface area contributed by atoms with Gasteiger partial charge in [0.1, 0.15) is 5.82 Å². The molecule has 3 heterocycles. The van der Waals surface area contributed by atoms with Crippen LogP contribution >= 0.6 is 0 Å². The van der Waals surface area contributed by atoms with Crippen LogP contribution in [-0.2, 0) is 6.42 Å². The molecule has 1 fully saturated rings. The summed E-state index contributed by atoms with van der Waals surface area (Å²) >= 11 is 0. The molecule has 32 heavy (non-hydrogen) atoms. The molecular weight excluding hydrogens is 396 g/mol. The number of benzene rings is 2. The van der Waals surface area contributed by atoms with Crippen molar-refractivity contribution in [2.24, 2.45) is 0 Å². The van der Waals surface area contributed by atoms with Crippen LogP contribution < -0.4 is 16.0 Å². The molecule has 166 valence electrons. The third-order valence-electron chi connectivity index (χ3n) is 6.59. The van der Waals surface area contributed by atoms with E-state index < -0.39 is 0 Å². The molecule has 1 spiro atoms. The van der Waals surface area contributed by atoms with Crippen molar-refractivity contribution in [1.82, 2.24) is 30.8 Å². The van der Waals surface area contributed by atoms with Crippen molar-refractivity contribution in [1.29, 1.82) is 0 Å². The average molecular weight is 429 g/mol. The Morgan fingerprint density at radius 3 is 2.34 bits per heavy atom. The monoisotopic (exact) mass is 428 g/mol. The van der Waals surface area contributed by atoms with Gasteiger partial charge in [-0.1, -0.05) is 48.5 Å². The van der Waals surface area contributed by atoms with Crippen LogP contribution in [0.25, 0.3) is 28.1 Å². The Labute approximate surface area is 190 Å². The van der Waals surface area contributed by atoms with Gasteiger partial charge in [0.25, 0.3) is 0 Å². The van der Waals surface area contributed by atoms with Crippen molar-refractivity contribution < 1.29 is 0 Å². The molecule has 1 aromatic heterocycles. The first-order valence-electron chi connectivity index (χ1n) is 11.5. The predicted molar refractivity (Wildman–Crippen MR) is 131 cm³/mol. The third kappa shape index (κ3) is 4.04. The second kappa shape index (κ2) is 8.81. The Kier molecular flexibility index (Phi) is 5.72. The van der Waals surface area contributed by atoms with Gasteiger partial charge in [-0.2, -0.15) is 0 Å². The molecular formula is C26H32N6. The molecule has 1 atom stereocenters. The van der Waals surface area contributed by atoms with Crippen molar-refractivity contribution in [2.75, 3.05) is 27.2 Å². The Balaban J connectivity index is 1.26. The topological polar surface area (TPSA) is 68.0 Å². The molecule has 4 N–H and O–H groups in total. The molecule has 1 saturated heterocycles. The molecule has 2 aromatic carbocycles. The van der Waals surface area contributed by atoms with Crippen LogP contribution in [0.15, 0.2) is 60.9 Å². The molecule has 6 nitrogen and oxygen atoms in total. The van der Waals surface area contributed by atoms with E-state index in [1.165, 1.54) is 28.8 Å². The number of imidazole rings is 1. The Morgan fingerprint density at radius 1 is 1.00 bits per heavy atom. The lowest BCUT2D eigenvalue weighted by atomic mass is 10.0. The standard InChI is InChI=1S/C26H32N6/c1-27-15-3-5-25-28-17-23(30-25)21-10-6-19(7-11-21)20-8-12-22(13-9-20)24-18-32(2)26(31-24)14-4-16-29-26/h6-13,17-18,27,29,31H,3-5,14-16H2,1-2H3,(H,28,30). The number of aromatic nitrogens is 2. The van der Waals surface area contributed by atoms with E-state index in [4.69, 9.17) is 0 Å². The van der Waals surface area contributed by atoms with Gasteiger partial charge in [0.05, 0.1) is 17.6 Å². The fourth-order valence-electron chi connectivity index (χ4n) is 4.68. The van der Waals surface area contributed by atoms with Gasteiger partial charge in [0.2, 0.25) is 0 Å². The van der Waals surface area contributed by atoms with Gasteiger partial charge in [-0.25, -0.2) is 4.98 Å². The van der Waals surface area contributed by atoms with Gasteiger partial charge in [-0.15, -0.1) is 0 Å². The summed E-state index contributed by atoms with van der Waals surface area (Å²) in [5.74, 6) is 0.938. The minimum atomic E-state index is -0.108. The molecule has 6 heteroatoms. The van der Waals surface area contributed by atoms with Crippen LogP contribution in [0, 0.1) is 0 Å². The zero-order chi connectivity index (χ0) is 22.0. The maximum absolute atomic E-state index is 4.52. The minimum Gasteiger partial charge on any atom is -0.349 e. The van der Waals surface area contributed by atoms with Gasteiger partial charge in [-0.05, 0) is 55.2 Å². The predicted octanol–water partition coefficient (Wildman–Crippen LogP) is 3.77. The van der Waals surface area contributed by atoms with E-state index in [2.05, 4.69) is 92.6 Å². The second-order valence-electron chi connectivity index (χ2n) is 8.77. The van der Waals surface area contributed by atoms with Gasteiger partial charge in [0, 0.05) is 26.1 Å². The van der Waals surface area contributed by atoms with E-state index in [0.29, 0.717) is 0 Å². The molecule has 0 bridgehead atoms. The number of hydrogen-bond donors (Lipinski definition) is 4. The first kappa shape index (κ1) is 20.8. The van der Waals surface area contributed by atoms with E-state index in [-0.39, 0.29) is 5.79 Å². The van der Waals surface area contributed by atoms with Gasteiger partial charge < -0.3 is 20.5 Å². The van der Waals surface area contributed by atoms with Crippen LogP contribution in [0.4, 0.5) is 0 Å². The molecule has 2 aliphatic heterocycles. The summed E-state index contributed by atoms with van der Waals surface area (Å²) in [4.78, 5) is 10.2. The third-order valence-corrected chi connectivity index (χ3v) is 6.59. The Hall–Kier alpha value is -3.09. The lowest BCUT2D eigenvalue weighted by Gasteiger charge is -2.33. The molecule has 0 aliphatic carbocycles. The number of aromatic amines is 1. The normalized spacial score (nSPS) is 20.1. The number of H-pyrrole nitrogens is 1. The van der Waals surface area contributed by atoms with Crippen molar-refractivity contribution >= 4 is 5.70 Å². The smallest absolute Gasteiger partial charge is 0.166 e. The van der Waals surface area contributed by atoms with Crippen LogP contribution in [0.2, 0.25) is 0 Å². The minimum absolute atomic E-state index is 0.108. The highest BCUT2D eigenvalue weighted by Crippen LogP contribution is 2.32. The summed E-state index contributed by atoms with van der Waals surface area (Å²) in [5.41, 5.74) is 7.06. The summed E-state index contributed by atoms with van der Waals surface area (Å²) < 4.78 is 0. The number of nitrogens with zero attached hydrogens (tertiary/aromatic N) is 2. The lowest BCUT2D eigenvalue weighted by Crippen LogP contribution is -2.57. The maximum Gasteiger partial charge on any atom is 0.166 e. The summed E-state index contributed by atoms with van der Waals surface area (Å²) in [7, 11) is 4.12. The van der Waals surface area contributed by atoms with Crippen LogP contribution in [0.3, 0.4) is 0 Å². The van der Waals surface area contributed by atoms with Crippen molar-refractivity contribution in [3.63, 3.8) is 0 Å². The van der Waals surface area contributed by atoms with E-state index in [1.54, 1.807) is 0 Å². The highest BCUT2D eigenvalue weighted by atomic mass is 15.5. The van der Waals surface area contributed by atoms with E-state index in [9.17, 15) is 0 Å². The Bertz CT molecular complexity index is 1070. The molecule has 3 aromatic rings. The molecule has 0 radical (unpaired) electrons. The number of hydrogen-bond acceptors (Lipinski definition) is 5. The fourth-order valence-corrected chi connectivity index (χ4v) is 4.68. The number of nitrogens with one attached hydrogen (secondary N) is 4. The molecule has 5 rings (SSSR count). The lowest BCUT2D eigenvalue weighted by molar-refractivity contribution is 0.154. The largest absolute Gasteiger partial charge is 0.349 e. The van der Waals surface area contributed by atoms with Gasteiger partial charge in [-0.3, -0.25) is 5.32 Å². The highest BCUT2D eigenvalue weighted by Gasteiger charge is 2.40. The quantitative estimate of drug-likeness (QED) is 0.432. The summed E-state index contributed by atoms with van der Waals surface area (Å²) in [5, 5.41) is 10.5. The molecule has 0 amide bonds. The van der Waals surface area contributed by atoms with E-state index >= 15 is 0 Å². The molecule has 2 aliphatic rings. The number of aryl methyl sites for hydroxylation is 1. The number of rotatable bonds is 7. The Morgan fingerprint density at radius 2 is 1.69 bits per heavy atom. The fraction of sp³-hybridized carbons (Fsp3) is 0.346. The van der Waals surface area contributed by atoms with E-state index in [1.807, 2.05) is 13.2 Å². The average Bonchev–Trinajstić information content (AvgIpc) is 3.56.